The molecule has 2 aromatic heterocycles. The Morgan fingerprint density at radius 3 is 3.00 bits per heavy atom. The molecule has 1 unspecified atom stereocenters. The zero-order valence-corrected chi connectivity index (χ0v) is 8.02. The lowest BCUT2D eigenvalue weighted by atomic mass is 10.1. The van der Waals surface area contributed by atoms with E-state index in [1.807, 2.05) is 0 Å². The third-order valence-electron chi connectivity index (χ3n) is 1.90. The first-order valence-corrected chi connectivity index (χ1v) is 4.66. The summed E-state index contributed by atoms with van der Waals surface area (Å²) in [5.41, 5.74) is -2.01. The molecule has 0 spiro atoms. The molecule has 6 nitrogen and oxygen atoms in total. The highest BCUT2D eigenvalue weighted by Crippen LogP contribution is 2.21. The smallest absolute Gasteiger partial charge is 0.343 e. The Morgan fingerprint density at radius 1 is 1.64 bits per heavy atom. The Bertz CT molecular complexity index is 487. The second kappa shape index (κ2) is 2.76. The van der Waals surface area contributed by atoms with Gasteiger partial charge in [-0.1, -0.05) is 0 Å². The molecule has 0 bridgehead atoms. The second-order valence-electron chi connectivity index (χ2n) is 2.96. The van der Waals surface area contributed by atoms with Crippen molar-refractivity contribution < 1.29 is 15.0 Å². The van der Waals surface area contributed by atoms with E-state index in [2.05, 4.69) is 10.2 Å². The summed E-state index contributed by atoms with van der Waals surface area (Å²) in [7, 11) is 0. The number of rotatable bonds is 2. The first-order chi connectivity index (χ1) is 6.53. The Kier molecular flexibility index (Phi) is 1.79. The summed E-state index contributed by atoms with van der Waals surface area (Å²) in [5.74, 6) is -1.33. The zero-order valence-electron chi connectivity index (χ0n) is 7.21. The number of fused-ring (bicyclic) bond motifs is 1. The van der Waals surface area contributed by atoms with Crippen molar-refractivity contribution in [3.05, 3.63) is 17.4 Å². The zero-order chi connectivity index (χ0) is 10.3. The third kappa shape index (κ3) is 1.10. The van der Waals surface area contributed by atoms with Gasteiger partial charge in [-0.05, 0) is 6.92 Å². The molecule has 0 aromatic carbocycles. The summed E-state index contributed by atoms with van der Waals surface area (Å²) in [6.45, 7) is 1.17. The van der Waals surface area contributed by atoms with Crippen molar-refractivity contribution in [1.82, 2.24) is 14.6 Å². The van der Waals surface area contributed by atoms with Crippen LogP contribution in [0, 0.1) is 0 Å². The first-order valence-electron chi connectivity index (χ1n) is 3.78. The average Bonchev–Trinajstić information content (AvgIpc) is 2.61. The second-order valence-corrected chi connectivity index (χ2v) is 3.83. The minimum absolute atomic E-state index is 0.0150. The summed E-state index contributed by atoms with van der Waals surface area (Å²) < 4.78 is 1.46. The molecule has 2 heterocycles. The molecule has 0 amide bonds. The van der Waals surface area contributed by atoms with Gasteiger partial charge in [-0.2, -0.15) is 0 Å². The lowest BCUT2D eigenvalue weighted by Gasteiger charge is -2.14. The standard InChI is InChI=1S/C7H7N3O3S/c1-7(13,5(11)12)4-8-9-6-10(4)2-3-14-6/h2-3,13H,1H3,(H,11,12). The number of hydrogen-bond donors (Lipinski definition) is 2. The minimum atomic E-state index is -2.01. The van der Waals surface area contributed by atoms with Crippen molar-refractivity contribution in [2.75, 3.05) is 0 Å². The maximum atomic E-state index is 10.8. The van der Waals surface area contributed by atoms with E-state index >= 15 is 0 Å². The Labute approximate surface area is 82.4 Å². The van der Waals surface area contributed by atoms with Crippen LogP contribution in [-0.4, -0.2) is 30.8 Å². The topological polar surface area (TPSA) is 87.7 Å². The van der Waals surface area contributed by atoms with Gasteiger partial charge in [-0.3, -0.25) is 4.40 Å². The van der Waals surface area contributed by atoms with Gasteiger partial charge in [0.25, 0.3) is 0 Å². The summed E-state index contributed by atoms with van der Waals surface area (Å²) in [5, 5.41) is 27.6. The summed E-state index contributed by atoms with van der Waals surface area (Å²) in [6, 6.07) is 0. The van der Waals surface area contributed by atoms with Crippen molar-refractivity contribution in [2.24, 2.45) is 0 Å². The van der Waals surface area contributed by atoms with Gasteiger partial charge >= 0.3 is 5.97 Å². The predicted octanol–water partition coefficient (Wildman–Crippen LogP) is 0.0829. The van der Waals surface area contributed by atoms with Crippen LogP contribution in [0.5, 0.6) is 0 Å². The van der Waals surface area contributed by atoms with E-state index in [0.29, 0.717) is 4.96 Å². The van der Waals surface area contributed by atoms with Gasteiger partial charge in [0.15, 0.2) is 5.82 Å². The van der Waals surface area contributed by atoms with E-state index < -0.39 is 11.6 Å². The fraction of sp³-hybridized carbons (Fsp3) is 0.286. The van der Waals surface area contributed by atoms with Crippen LogP contribution in [0.15, 0.2) is 11.6 Å². The molecular weight excluding hydrogens is 206 g/mol. The van der Waals surface area contributed by atoms with Gasteiger partial charge in [-0.15, -0.1) is 21.5 Å². The quantitative estimate of drug-likeness (QED) is 0.737. The van der Waals surface area contributed by atoms with Crippen LogP contribution in [0.25, 0.3) is 4.96 Å². The van der Waals surface area contributed by atoms with Gasteiger partial charge in [-0.25, -0.2) is 4.79 Å². The van der Waals surface area contributed by atoms with Gasteiger partial charge in [0.1, 0.15) is 0 Å². The number of carboxylic acid groups (broad SMARTS) is 1. The molecular formula is C7H7N3O3S. The molecule has 74 valence electrons. The van der Waals surface area contributed by atoms with Crippen LogP contribution in [0.1, 0.15) is 12.7 Å². The van der Waals surface area contributed by atoms with Crippen molar-refractivity contribution in [1.29, 1.82) is 0 Å². The largest absolute Gasteiger partial charge is 0.479 e. The van der Waals surface area contributed by atoms with Crippen molar-refractivity contribution in [3.8, 4) is 0 Å². The first kappa shape index (κ1) is 9.10. The average molecular weight is 213 g/mol. The van der Waals surface area contributed by atoms with Crippen LogP contribution in [0.3, 0.4) is 0 Å². The molecule has 1 atom stereocenters. The molecule has 2 rings (SSSR count). The van der Waals surface area contributed by atoms with Crippen LogP contribution < -0.4 is 0 Å². The number of aliphatic carboxylic acids is 1. The lowest BCUT2D eigenvalue weighted by Crippen LogP contribution is -2.34. The SMILES string of the molecule is CC(O)(C(=O)O)c1nnc2sccn12. The minimum Gasteiger partial charge on any atom is -0.479 e. The summed E-state index contributed by atoms with van der Waals surface area (Å²) >= 11 is 1.32. The fourth-order valence-electron chi connectivity index (χ4n) is 1.07. The van der Waals surface area contributed by atoms with Gasteiger partial charge in [0.05, 0.1) is 0 Å². The molecule has 0 saturated heterocycles. The fourth-order valence-corrected chi connectivity index (χ4v) is 1.72. The number of nitrogens with zero attached hydrogens (tertiary/aromatic N) is 3. The normalized spacial score (nSPS) is 15.6. The number of hydrogen-bond acceptors (Lipinski definition) is 5. The maximum Gasteiger partial charge on any atom is 0.343 e. The molecule has 0 saturated carbocycles. The molecule has 0 radical (unpaired) electrons. The van der Waals surface area contributed by atoms with Gasteiger partial charge in [0, 0.05) is 11.6 Å². The number of aromatic nitrogens is 3. The van der Waals surface area contributed by atoms with Gasteiger partial charge in [0.2, 0.25) is 10.6 Å². The van der Waals surface area contributed by atoms with Crippen molar-refractivity contribution >= 4 is 22.3 Å². The third-order valence-corrected chi connectivity index (χ3v) is 2.65. The van der Waals surface area contributed by atoms with Gasteiger partial charge < -0.3 is 10.2 Å². The Balaban J connectivity index is 2.64. The molecule has 0 aliphatic carbocycles. The molecule has 7 heteroatoms. The van der Waals surface area contributed by atoms with E-state index in [-0.39, 0.29) is 5.82 Å². The van der Waals surface area contributed by atoms with Crippen molar-refractivity contribution in [2.45, 2.75) is 12.5 Å². The molecule has 0 aliphatic rings. The number of carboxylic acids is 1. The predicted molar refractivity (Wildman–Crippen MR) is 48.1 cm³/mol. The summed E-state index contributed by atoms with van der Waals surface area (Å²) in [6.07, 6.45) is 1.62. The lowest BCUT2D eigenvalue weighted by molar-refractivity contribution is -0.158. The van der Waals surface area contributed by atoms with E-state index in [1.165, 1.54) is 22.7 Å². The maximum absolute atomic E-state index is 10.8. The molecule has 0 aliphatic heterocycles. The molecule has 2 N–H and O–H groups in total. The Morgan fingerprint density at radius 2 is 2.36 bits per heavy atom. The summed E-state index contributed by atoms with van der Waals surface area (Å²) in [4.78, 5) is 11.3. The molecule has 0 fully saturated rings. The Hall–Kier alpha value is -1.47. The number of aliphatic hydroxyl groups is 1. The number of thiazole rings is 1. The highest BCUT2D eigenvalue weighted by atomic mass is 32.1. The van der Waals surface area contributed by atoms with Crippen LogP contribution in [-0.2, 0) is 10.4 Å². The van der Waals surface area contributed by atoms with E-state index in [9.17, 15) is 9.90 Å². The van der Waals surface area contributed by atoms with E-state index in [4.69, 9.17) is 5.11 Å². The van der Waals surface area contributed by atoms with E-state index in [0.717, 1.165) is 0 Å². The highest BCUT2D eigenvalue weighted by molar-refractivity contribution is 7.15. The van der Waals surface area contributed by atoms with Crippen LogP contribution in [0.4, 0.5) is 0 Å². The van der Waals surface area contributed by atoms with Crippen LogP contribution >= 0.6 is 11.3 Å². The number of carbonyl (C=O) groups is 1. The monoisotopic (exact) mass is 213 g/mol. The molecule has 14 heavy (non-hydrogen) atoms. The van der Waals surface area contributed by atoms with Crippen LogP contribution in [0.2, 0.25) is 0 Å². The van der Waals surface area contributed by atoms with E-state index in [1.54, 1.807) is 11.6 Å². The van der Waals surface area contributed by atoms with Crippen molar-refractivity contribution in [3.63, 3.8) is 0 Å². The highest BCUT2D eigenvalue weighted by Gasteiger charge is 2.37. The molecule has 2 aromatic rings.